The smallest absolute Gasteiger partial charge is 0.119 e. The van der Waals surface area contributed by atoms with Crippen LogP contribution < -0.4 is 4.74 Å². The van der Waals surface area contributed by atoms with Crippen molar-refractivity contribution in [1.29, 1.82) is 0 Å². The summed E-state index contributed by atoms with van der Waals surface area (Å²) in [4.78, 5) is 2.53. The molecular formula is C24H42N2OS2. The first-order chi connectivity index (χ1) is 14.0. The van der Waals surface area contributed by atoms with Crippen molar-refractivity contribution in [3.8, 4) is 5.75 Å². The lowest BCUT2D eigenvalue weighted by atomic mass is 10.0. The third kappa shape index (κ3) is 10.9. The highest BCUT2D eigenvalue weighted by molar-refractivity contribution is 8.27. The summed E-state index contributed by atoms with van der Waals surface area (Å²) in [5.41, 5.74) is 1.35. The lowest BCUT2D eigenvalue weighted by Crippen LogP contribution is -2.45. The molecule has 3 nitrogen and oxygen atoms in total. The molecule has 0 spiro atoms. The zero-order chi connectivity index (χ0) is 20.9. The second-order valence-corrected chi connectivity index (χ2v) is 11.6. The molecule has 1 fully saturated rings. The van der Waals surface area contributed by atoms with Crippen molar-refractivity contribution in [2.45, 2.75) is 71.8 Å². The van der Waals surface area contributed by atoms with E-state index < -0.39 is 0 Å². The first-order valence-electron chi connectivity index (χ1n) is 11.6. The normalized spacial score (nSPS) is 17.0. The maximum Gasteiger partial charge on any atom is 0.119 e. The summed E-state index contributed by atoms with van der Waals surface area (Å²) in [6, 6.07) is 8.66. The zero-order valence-corrected chi connectivity index (χ0v) is 20.5. The number of ether oxygens (including phenoxy) is 1. The molecule has 0 amide bonds. The Balaban J connectivity index is 1.55. The SMILES string of the molecule is CC(C)CCCCCCCCCOc1cccc(CN2CCN(S(C)=S)CC2)c1. The molecule has 1 heterocycles. The predicted octanol–water partition coefficient (Wildman–Crippen LogP) is 5.58. The highest BCUT2D eigenvalue weighted by Crippen LogP contribution is 2.17. The molecule has 0 radical (unpaired) electrons. The molecule has 5 heteroatoms. The Morgan fingerprint density at radius 3 is 2.28 bits per heavy atom. The average molecular weight is 439 g/mol. The van der Waals surface area contributed by atoms with Gasteiger partial charge in [-0.1, -0.05) is 80.6 Å². The van der Waals surface area contributed by atoms with Gasteiger partial charge in [-0.25, -0.2) is 4.31 Å². The van der Waals surface area contributed by atoms with Gasteiger partial charge in [0.1, 0.15) is 5.75 Å². The summed E-state index contributed by atoms with van der Waals surface area (Å²) >= 11 is 5.40. The van der Waals surface area contributed by atoms with Crippen molar-refractivity contribution in [3.05, 3.63) is 29.8 Å². The highest BCUT2D eigenvalue weighted by atomic mass is 32.8. The molecule has 1 unspecified atom stereocenters. The van der Waals surface area contributed by atoms with Gasteiger partial charge in [-0.15, -0.1) is 0 Å². The van der Waals surface area contributed by atoms with E-state index in [1.165, 1.54) is 50.5 Å². The van der Waals surface area contributed by atoms with E-state index in [2.05, 4.69) is 53.6 Å². The van der Waals surface area contributed by atoms with Crippen molar-refractivity contribution < 1.29 is 4.74 Å². The van der Waals surface area contributed by atoms with Crippen molar-refractivity contribution in [2.24, 2.45) is 5.92 Å². The van der Waals surface area contributed by atoms with Crippen LogP contribution in [-0.2, 0) is 27.4 Å². The Kier molecular flexibility index (Phi) is 12.4. The van der Waals surface area contributed by atoms with E-state index in [0.717, 1.165) is 57.4 Å². The highest BCUT2D eigenvalue weighted by Gasteiger charge is 2.17. The van der Waals surface area contributed by atoms with Gasteiger partial charge in [0, 0.05) is 39.0 Å². The van der Waals surface area contributed by atoms with Crippen molar-refractivity contribution in [3.63, 3.8) is 0 Å². The topological polar surface area (TPSA) is 15.7 Å². The van der Waals surface area contributed by atoms with E-state index >= 15 is 0 Å². The molecule has 1 aliphatic rings. The van der Waals surface area contributed by atoms with Gasteiger partial charge in [-0.05, 0) is 41.2 Å². The molecule has 1 atom stereocenters. The van der Waals surface area contributed by atoms with Crippen LogP contribution in [0.2, 0.25) is 0 Å². The van der Waals surface area contributed by atoms with Crippen LogP contribution in [0.4, 0.5) is 0 Å². The van der Waals surface area contributed by atoms with Gasteiger partial charge in [0.05, 0.1) is 6.61 Å². The quantitative estimate of drug-likeness (QED) is 0.352. The average Bonchev–Trinajstić information content (AvgIpc) is 2.70. The molecule has 1 aromatic rings. The van der Waals surface area contributed by atoms with Gasteiger partial charge in [0.25, 0.3) is 0 Å². The van der Waals surface area contributed by atoms with Crippen LogP contribution in [0.25, 0.3) is 0 Å². The Hall–Kier alpha value is -0.490. The maximum absolute atomic E-state index is 6.02. The molecule has 166 valence electrons. The molecule has 1 aromatic carbocycles. The van der Waals surface area contributed by atoms with Gasteiger partial charge in [-0.2, -0.15) is 0 Å². The summed E-state index contributed by atoms with van der Waals surface area (Å²) in [7, 11) is -0.00807. The molecule has 0 bridgehead atoms. The molecule has 29 heavy (non-hydrogen) atoms. The van der Waals surface area contributed by atoms with Crippen LogP contribution in [0.1, 0.15) is 70.8 Å². The minimum Gasteiger partial charge on any atom is -0.494 e. The first kappa shape index (κ1) is 24.8. The monoisotopic (exact) mass is 438 g/mol. The number of piperazine rings is 1. The largest absolute Gasteiger partial charge is 0.494 e. The van der Waals surface area contributed by atoms with Crippen molar-refractivity contribution in [1.82, 2.24) is 9.21 Å². The Morgan fingerprint density at radius 1 is 0.966 bits per heavy atom. The minimum absolute atomic E-state index is 0.00807. The molecule has 1 aliphatic heterocycles. The third-order valence-corrected chi connectivity index (χ3v) is 7.42. The van der Waals surface area contributed by atoms with E-state index in [4.69, 9.17) is 15.9 Å². The first-order valence-corrected chi connectivity index (χ1v) is 14.1. The van der Waals surface area contributed by atoms with E-state index in [0.29, 0.717) is 0 Å². The number of benzene rings is 1. The Bertz CT molecular complexity index is 586. The molecule has 0 saturated carbocycles. The molecule has 2 rings (SSSR count). The Morgan fingerprint density at radius 2 is 1.62 bits per heavy atom. The lowest BCUT2D eigenvalue weighted by molar-refractivity contribution is 0.188. The van der Waals surface area contributed by atoms with Gasteiger partial charge in [-0.3, -0.25) is 4.90 Å². The molecular weight excluding hydrogens is 396 g/mol. The summed E-state index contributed by atoms with van der Waals surface area (Å²) in [5.74, 6) is 1.88. The third-order valence-electron chi connectivity index (χ3n) is 5.69. The zero-order valence-electron chi connectivity index (χ0n) is 18.9. The second kappa shape index (κ2) is 14.5. The lowest BCUT2D eigenvalue weighted by Gasteiger charge is -2.34. The summed E-state index contributed by atoms with van der Waals surface area (Å²) in [6.45, 7) is 10.9. The van der Waals surface area contributed by atoms with Crippen molar-refractivity contribution in [2.75, 3.05) is 39.0 Å². The number of unbranched alkanes of at least 4 members (excludes halogenated alkanes) is 6. The van der Waals surface area contributed by atoms with E-state index in [-0.39, 0.29) is 9.64 Å². The minimum atomic E-state index is -0.00807. The van der Waals surface area contributed by atoms with E-state index in [1.54, 1.807) is 0 Å². The number of nitrogens with zero attached hydrogens (tertiary/aromatic N) is 2. The summed E-state index contributed by atoms with van der Waals surface area (Å²) < 4.78 is 8.43. The molecule has 0 N–H and O–H groups in total. The van der Waals surface area contributed by atoms with Crippen LogP contribution in [-0.4, -0.2) is 48.2 Å². The van der Waals surface area contributed by atoms with Gasteiger partial charge in [0.2, 0.25) is 0 Å². The fraction of sp³-hybridized carbons (Fsp3) is 0.750. The van der Waals surface area contributed by atoms with Gasteiger partial charge in [0.15, 0.2) is 0 Å². The van der Waals surface area contributed by atoms with Crippen LogP contribution in [0.15, 0.2) is 24.3 Å². The molecule has 0 aromatic heterocycles. The van der Waals surface area contributed by atoms with Crippen LogP contribution in [0, 0.1) is 5.92 Å². The fourth-order valence-electron chi connectivity index (χ4n) is 3.87. The van der Waals surface area contributed by atoms with Crippen LogP contribution in [0.5, 0.6) is 5.75 Å². The second-order valence-electron chi connectivity index (χ2n) is 8.78. The number of hydrogen-bond donors (Lipinski definition) is 0. The van der Waals surface area contributed by atoms with Crippen LogP contribution >= 0.6 is 0 Å². The van der Waals surface area contributed by atoms with Gasteiger partial charge >= 0.3 is 0 Å². The fourth-order valence-corrected chi connectivity index (χ4v) is 4.99. The predicted molar refractivity (Wildman–Crippen MR) is 131 cm³/mol. The van der Waals surface area contributed by atoms with Crippen molar-refractivity contribution >= 4 is 20.8 Å². The Labute approximate surface area is 186 Å². The summed E-state index contributed by atoms with van der Waals surface area (Å²) in [5, 5.41) is 0. The molecule has 0 aliphatic carbocycles. The summed E-state index contributed by atoms with van der Waals surface area (Å²) in [6.07, 6.45) is 12.9. The van der Waals surface area contributed by atoms with Crippen LogP contribution in [0.3, 0.4) is 0 Å². The molecule has 1 saturated heterocycles. The number of hydrogen-bond acceptors (Lipinski definition) is 3. The van der Waals surface area contributed by atoms with E-state index in [9.17, 15) is 0 Å². The number of rotatable bonds is 14. The van der Waals surface area contributed by atoms with Gasteiger partial charge < -0.3 is 4.74 Å². The maximum atomic E-state index is 6.02. The standard InChI is InChI=1S/C24H42N2OS2/c1-22(2)12-9-7-5-4-6-8-10-19-27-24-14-11-13-23(20-24)21-25-15-17-26(18-16-25)29(3)28/h11,13-14,20,22H,4-10,12,15-19,21H2,1-3H3. The van der Waals surface area contributed by atoms with E-state index in [1.807, 2.05) is 0 Å².